The highest BCUT2D eigenvalue weighted by Crippen LogP contribution is 2.38. The molecule has 5 aromatic carbocycles. The Kier molecular flexibility index (Phi) is 9.68. The molecule has 0 aromatic heterocycles. The average molecular weight is 623 g/mol. The van der Waals surface area contributed by atoms with E-state index in [0.29, 0.717) is 0 Å². The fourth-order valence-electron chi connectivity index (χ4n) is 4.32. The molecule has 0 heterocycles. The van der Waals surface area contributed by atoms with Crippen molar-refractivity contribution in [3.05, 3.63) is 152 Å². The number of esters is 1. The first kappa shape index (κ1) is 31.0. The number of nitro groups is 2. The van der Waals surface area contributed by atoms with E-state index >= 15 is 0 Å². The third-order valence-electron chi connectivity index (χ3n) is 6.50. The highest BCUT2D eigenvalue weighted by Gasteiger charge is 2.20. The molecule has 12 nitrogen and oxygen atoms in total. The Bertz CT molecular complexity index is 1740. The SMILES string of the molecule is COC(=O)c1cc(Oc2ccc([N+](=O)[O-])c(OCc3ccccc3)c2)cc(Oc2ccc([N+](=O)[O-])c(OCc3ccccc3)c2)c1. The quantitative estimate of drug-likeness (QED) is 0.0717. The van der Waals surface area contributed by atoms with Crippen molar-refractivity contribution in [2.24, 2.45) is 0 Å². The number of hydrogen-bond acceptors (Lipinski definition) is 10. The molecule has 0 atom stereocenters. The van der Waals surface area contributed by atoms with Gasteiger partial charge in [-0.05, 0) is 35.4 Å². The van der Waals surface area contributed by atoms with Gasteiger partial charge in [0.1, 0.15) is 36.2 Å². The van der Waals surface area contributed by atoms with Crippen molar-refractivity contribution in [2.45, 2.75) is 13.2 Å². The van der Waals surface area contributed by atoms with Crippen molar-refractivity contribution in [1.82, 2.24) is 0 Å². The van der Waals surface area contributed by atoms with Gasteiger partial charge in [0.2, 0.25) is 11.5 Å². The number of nitro benzene ring substituents is 2. The summed E-state index contributed by atoms with van der Waals surface area (Å²) < 4.78 is 28.3. The van der Waals surface area contributed by atoms with Crippen LogP contribution < -0.4 is 18.9 Å². The van der Waals surface area contributed by atoms with Crippen LogP contribution in [-0.4, -0.2) is 22.9 Å². The van der Waals surface area contributed by atoms with Crippen LogP contribution in [0.2, 0.25) is 0 Å². The molecule has 0 aliphatic heterocycles. The Balaban J connectivity index is 1.41. The molecule has 12 heteroatoms. The van der Waals surface area contributed by atoms with E-state index < -0.39 is 15.8 Å². The van der Waals surface area contributed by atoms with Gasteiger partial charge in [0.15, 0.2) is 0 Å². The van der Waals surface area contributed by atoms with Gasteiger partial charge >= 0.3 is 17.3 Å². The average Bonchev–Trinajstić information content (AvgIpc) is 3.06. The van der Waals surface area contributed by atoms with E-state index in [-0.39, 0.29) is 64.6 Å². The van der Waals surface area contributed by atoms with Crippen molar-refractivity contribution in [2.75, 3.05) is 7.11 Å². The van der Waals surface area contributed by atoms with E-state index in [1.165, 1.54) is 61.7 Å². The maximum absolute atomic E-state index is 12.5. The van der Waals surface area contributed by atoms with Crippen LogP contribution in [0.4, 0.5) is 11.4 Å². The highest BCUT2D eigenvalue weighted by atomic mass is 16.6. The molecule has 0 spiro atoms. The number of carbonyl (C=O) groups is 1. The van der Waals surface area contributed by atoms with Gasteiger partial charge in [0.05, 0.1) is 22.5 Å². The summed E-state index contributed by atoms with van der Waals surface area (Å²) in [6, 6.07) is 30.7. The second kappa shape index (κ2) is 14.4. The second-order valence-electron chi connectivity index (χ2n) is 9.71. The van der Waals surface area contributed by atoms with Crippen LogP contribution in [-0.2, 0) is 18.0 Å². The molecule has 0 radical (unpaired) electrons. The van der Waals surface area contributed by atoms with Crippen LogP contribution in [0.15, 0.2) is 115 Å². The van der Waals surface area contributed by atoms with Crippen molar-refractivity contribution < 1.29 is 38.3 Å². The first-order valence-electron chi connectivity index (χ1n) is 13.8. The molecule has 5 rings (SSSR count). The summed E-state index contributed by atoms with van der Waals surface area (Å²) in [5.74, 6) is -0.0447. The Morgan fingerprint density at radius 3 is 1.41 bits per heavy atom. The summed E-state index contributed by atoms with van der Waals surface area (Å²) in [6.45, 7) is 0.181. The topological polar surface area (TPSA) is 150 Å². The number of hydrogen-bond donors (Lipinski definition) is 0. The minimum Gasteiger partial charge on any atom is -0.482 e. The van der Waals surface area contributed by atoms with Crippen LogP contribution in [0, 0.1) is 20.2 Å². The summed E-state index contributed by atoms with van der Waals surface area (Å²) in [5, 5.41) is 23.3. The lowest BCUT2D eigenvalue weighted by Gasteiger charge is -2.13. The number of rotatable bonds is 13. The summed E-state index contributed by atoms with van der Waals surface area (Å²) in [5.41, 5.74) is 1.21. The lowest BCUT2D eigenvalue weighted by molar-refractivity contribution is -0.386. The lowest BCUT2D eigenvalue weighted by Crippen LogP contribution is -2.03. The molecule has 46 heavy (non-hydrogen) atoms. The Labute approximate surface area is 262 Å². The number of carbonyl (C=O) groups excluding carboxylic acids is 1. The summed E-state index contributed by atoms with van der Waals surface area (Å²) in [4.78, 5) is 34.6. The Morgan fingerprint density at radius 1 is 0.587 bits per heavy atom. The fraction of sp³-hybridized carbons (Fsp3) is 0.0882. The maximum atomic E-state index is 12.5. The van der Waals surface area contributed by atoms with Gasteiger partial charge in [0, 0.05) is 30.3 Å². The van der Waals surface area contributed by atoms with Crippen LogP contribution in [0.5, 0.6) is 34.5 Å². The Hall–Kier alpha value is -6.43. The van der Waals surface area contributed by atoms with Crippen LogP contribution in [0.3, 0.4) is 0 Å². The van der Waals surface area contributed by atoms with Gasteiger partial charge in [-0.1, -0.05) is 60.7 Å². The molecule has 0 fully saturated rings. The van der Waals surface area contributed by atoms with Gasteiger partial charge in [-0.2, -0.15) is 0 Å². The van der Waals surface area contributed by atoms with Crippen LogP contribution in [0.1, 0.15) is 21.5 Å². The third-order valence-corrected chi connectivity index (χ3v) is 6.50. The number of ether oxygens (including phenoxy) is 5. The van der Waals surface area contributed by atoms with E-state index in [4.69, 9.17) is 23.7 Å². The fourth-order valence-corrected chi connectivity index (χ4v) is 4.32. The molecular formula is C34H26N2O10. The molecule has 232 valence electrons. The molecule has 0 saturated heterocycles. The smallest absolute Gasteiger partial charge is 0.338 e. The van der Waals surface area contributed by atoms with Crippen LogP contribution in [0.25, 0.3) is 0 Å². The van der Waals surface area contributed by atoms with Crippen LogP contribution >= 0.6 is 0 Å². The minimum absolute atomic E-state index is 0.0131. The third kappa shape index (κ3) is 7.94. The van der Waals surface area contributed by atoms with E-state index in [0.717, 1.165) is 11.1 Å². The lowest BCUT2D eigenvalue weighted by atomic mass is 10.2. The van der Waals surface area contributed by atoms with Crippen molar-refractivity contribution >= 4 is 17.3 Å². The zero-order valence-corrected chi connectivity index (χ0v) is 24.4. The predicted octanol–water partition coefficient (Wildman–Crippen LogP) is 8.03. The molecule has 0 aliphatic rings. The number of methoxy groups -OCH3 is 1. The molecular weight excluding hydrogens is 596 g/mol. The van der Waals surface area contributed by atoms with Gasteiger partial charge in [-0.25, -0.2) is 4.79 Å². The molecule has 0 amide bonds. The van der Waals surface area contributed by atoms with Gasteiger partial charge in [0.25, 0.3) is 0 Å². The monoisotopic (exact) mass is 622 g/mol. The maximum Gasteiger partial charge on any atom is 0.338 e. The standard InChI is InChI=1S/C34H26N2O10/c1-42-34(37)25-16-28(45-26-12-14-30(35(38)39)32(19-26)43-21-23-8-4-2-5-9-23)18-29(17-25)46-27-13-15-31(36(40)41)33(20-27)44-22-24-10-6-3-7-11-24/h2-20H,21-22H2,1H3. The van der Waals surface area contributed by atoms with E-state index in [9.17, 15) is 25.0 Å². The normalized spacial score (nSPS) is 10.5. The zero-order chi connectivity index (χ0) is 32.5. The van der Waals surface area contributed by atoms with Gasteiger partial charge in [-0.15, -0.1) is 0 Å². The predicted molar refractivity (Wildman–Crippen MR) is 166 cm³/mol. The van der Waals surface area contributed by atoms with Gasteiger partial charge < -0.3 is 23.7 Å². The van der Waals surface area contributed by atoms with Crippen molar-refractivity contribution in [1.29, 1.82) is 0 Å². The second-order valence-corrected chi connectivity index (χ2v) is 9.71. The zero-order valence-electron chi connectivity index (χ0n) is 24.4. The van der Waals surface area contributed by atoms with E-state index in [2.05, 4.69) is 0 Å². The van der Waals surface area contributed by atoms with Crippen molar-refractivity contribution in [3.8, 4) is 34.5 Å². The molecule has 0 saturated carbocycles. The van der Waals surface area contributed by atoms with E-state index in [1.807, 2.05) is 60.7 Å². The molecule has 0 unspecified atom stereocenters. The van der Waals surface area contributed by atoms with Gasteiger partial charge in [-0.3, -0.25) is 20.2 Å². The summed E-state index contributed by atoms with van der Waals surface area (Å²) >= 11 is 0. The minimum atomic E-state index is -0.679. The van der Waals surface area contributed by atoms with Crippen molar-refractivity contribution in [3.63, 3.8) is 0 Å². The first-order chi connectivity index (χ1) is 22.3. The molecule has 0 N–H and O–H groups in total. The van der Waals surface area contributed by atoms with E-state index in [1.54, 1.807) is 0 Å². The first-order valence-corrected chi connectivity index (χ1v) is 13.8. The molecule has 0 bridgehead atoms. The summed E-state index contributed by atoms with van der Waals surface area (Å²) in [6.07, 6.45) is 0. The highest BCUT2D eigenvalue weighted by molar-refractivity contribution is 5.90. The largest absolute Gasteiger partial charge is 0.482 e. The number of benzene rings is 5. The molecule has 0 aliphatic carbocycles. The Morgan fingerprint density at radius 2 is 1.02 bits per heavy atom. The summed E-state index contributed by atoms with van der Waals surface area (Å²) in [7, 11) is 1.22. The molecule has 5 aromatic rings. The number of nitrogens with zero attached hydrogens (tertiary/aromatic N) is 2.